The van der Waals surface area contributed by atoms with Gasteiger partial charge in [0.25, 0.3) is 0 Å². The summed E-state index contributed by atoms with van der Waals surface area (Å²) in [6.07, 6.45) is -1.89. The van der Waals surface area contributed by atoms with E-state index in [4.69, 9.17) is 9.47 Å². The first kappa shape index (κ1) is 21.9. The lowest BCUT2D eigenvalue weighted by molar-refractivity contribution is -0.126. The van der Waals surface area contributed by atoms with E-state index in [1.807, 2.05) is 78.9 Å². The number of benzene rings is 3. The number of ketones is 1. The molecule has 0 radical (unpaired) electrons. The lowest BCUT2D eigenvalue weighted by atomic mass is 9.99. The summed E-state index contributed by atoms with van der Waals surface area (Å²) in [5, 5.41) is 10.4. The number of Topliss-reactive ketones (excluding diaryl/α,β-unsaturated/α-hetero) is 1. The van der Waals surface area contributed by atoms with Crippen LogP contribution in [0.25, 0.3) is 0 Å². The number of hydrogen-bond donors (Lipinski definition) is 1. The quantitative estimate of drug-likeness (QED) is 0.466. The van der Waals surface area contributed by atoms with Gasteiger partial charge in [-0.2, -0.15) is 0 Å². The van der Waals surface area contributed by atoms with Crippen molar-refractivity contribution < 1.29 is 19.4 Å². The van der Waals surface area contributed by atoms with E-state index in [9.17, 15) is 9.90 Å². The zero-order chi connectivity index (χ0) is 21.2. The summed E-state index contributed by atoms with van der Waals surface area (Å²) in [5.41, 5.74) is 2.62. The van der Waals surface area contributed by atoms with Crippen LogP contribution in [0.1, 0.15) is 34.8 Å². The average Bonchev–Trinajstić information content (AvgIpc) is 2.79. The largest absolute Gasteiger partial charge is 0.391 e. The summed E-state index contributed by atoms with van der Waals surface area (Å²) in [7, 11) is 0. The summed E-state index contributed by atoms with van der Waals surface area (Å²) >= 11 is 0. The molecule has 0 spiro atoms. The summed E-state index contributed by atoms with van der Waals surface area (Å²) in [6, 6.07) is 28.7. The molecule has 0 fully saturated rings. The van der Waals surface area contributed by atoms with Crippen LogP contribution in [0.4, 0.5) is 0 Å². The Kier molecular flexibility index (Phi) is 8.33. The van der Waals surface area contributed by atoms with Crippen molar-refractivity contribution in [2.24, 2.45) is 0 Å². The highest BCUT2D eigenvalue weighted by Gasteiger charge is 2.30. The van der Waals surface area contributed by atoms with Crippen LogP contribution in [0.15, 0.2) is 91.0 Å². The second kappa shape index (κ2) is 11.4. The van der Waals surface area contributed by atoms with Gasteiger partial charge in [-0.25, -0.2) is 0 Å². The van der Waals surface area contributed by atoms with Crippen molar-refractivity contribution in [3.05, 3.63) is 108 Å². The Bertz CT molecular complexity index is 879. The molecule has 3 aromatic carbocycles. The predicted molar refractivity (Wildman–Crippen MR) is 117 cm³/mol. The van der Waals surface area contributed by atoms with Crippen LogP contribution < -0.4 is 0 Å². The molecule has 0 aliphatic rings. The van der Waals surface area contributed by atoms with Crippen molar-refractivity contribution in [1.82, 2.24) is 0 Å². The number of carbonyl (C=O) groups is 1. The second-order valence-electron chi connectivity index (χ2n) is 7.33. The first-order valence-corrected chi connectivity index (χ1v) is 10.2. The lowest BCUT2D eigenvalue weighted by Gasteiger charge is -2.29. The van der Waals surface area contributed by atoms with Crippen LogP contribution in [-0.2, 0) is 22.7 Å². The summed E-state index contributed by atoms with van der Waals surface area (Å²) in [6.45, 7) is 2.34. The maximum atomic E-state index is 12.9. The van der Waals surface area contributed by atoms with Gasteiger partial charge >= 0.3 is 0 Å². The van der Waals surface area contributed by atoms with Gasteiger partial charge in [0, 0.05) is 12.0 Å². The molecule has 3 aromatic rings. The third-order valence-electron chi connectivity index (χ3n) is 4.92. The minimum absolute atomic E-state index is 0.0392. The van der Waals surface area contributed by atoms with Gasteiger partial charge in [0.15, 0.2) is 5.78 Å². The van der Waals surface area contributed by atoms with Crippen molar-refractivity contribution in [3.63, 3.8) is 0 Å². The standard InChI is InChI=1S/C26H28O4/c1-20(27)26(30-19-22-13-7-3-8-14-22)25(29-18-21-11-5-2-6-12-21)17-24(28)23-15-9-4-10-16-23/h2-16,20,25-27H,17-19H2,1H3/t20-,25-,26-/m0/s1. The van der Waals surface area contributed by atoms with Gasteiger partial charge in [0.2, 0.25) is 0 Å². The minimum Gasteiger partial charge on any atom is -0.391 e. The van der Waals surface area contributed by atoms with Gasteiger partial charge < -0.3 is 14.6 Å². The predicted octanol–water partition coefficient (Wildman–Crippen LogP) is 4.81. The van der Waals surface area contributed by atoms with Crippen LogP contribution in [0, 0.1) is 0 Å². The van der Waals surface area contributed by atoms with Crippen molar-refractivity contribution >= 4 is 5.78 Å². The molecule has 0 saturated heterocycles. The van der Waals surface area contributed by atoms with Crippen molar-refractivity contribution in [2.45, 2.75) is 44.9 Å². The maximum absolute atomic E-state index is 12.9. The van der Waals surface area contributed by atoms with E-state index in [1.165, 1.54) is 0 Å². The zero-order valence-corrected chi connectivity index (χ0v) is 17.2. The van der Waals surface area contributed by atoms with Gasteiger partial charge in [-0.1, -0.05) is 91.0 Å². The molecule has 0 heterocycles. The number of ether oxygens (including phenoxy) is 2. The fourth-order valence-corrected chi connectivity index (χ4v) is 3.30. The Morgan fingerprint density at radius 3 is 1.73 bits per heavy atom. The normalized spacial score (nSPS) is 14.1. The molecule has 30 heavy (non-hydrogen) atoms. The smallest absolute Gasteiger partial charge is 0.165 e. The van der Waals surface area contributed by atoms with E-state index in [2.05, 4.69) is 0 Å². The molecule has 0 saturated carbocycles. The van der Waals surface area contributed by atoms with E-state index in [1.54, 1.807) is 19.1 Å². The Balaban J connectivity index is 1.74. The van der Waals surface area contributed by atoms with Crippen LogP contribution in [0.3, 0.4) is 0 Å². The first-order valence-electron chi connectivity index (χ1n) is 10.2. The fraction of sp³-hybridized carbons (Fsp3) is 0.269. The van der Waals surface area contributed by atoms with Gasteiger partial charge in [-0.3, -0.25) is 4.79 Å². The van der Waals surface area contributed by atoms with E-state index < -0.39 is 18.3 Å². The first-order chi connectivity index (χ1) is 14.6. The Morgan fingerprint density at radius 2 is 1.23 bits per heavy atom. The Hall–Kier alpha value is -2.79. The third kappa shape index (κ3) is 6.63. The second-order valence-corrected chi connectivity index (χ2v) is 7.33. The monoisotopic (exact) mass is 404 g/mol. The molecule has 156 valence electrons. The molecular formula is C26H28O4. The molecule has 1 N–H and O–H groups in total. The lowest BCUT2D eigenvalue weighted by Crippen LogP contribution is -2.41. The van der Waals surface area contributed by atoms with Crippen LogP contribution in [0.5, 0.6) is 0 Å². The maximum Gasteiger partial charge on any atom is 0.165 e. The summed E-state index contributed by atoms with van der Waals surface area (Å²) in [4.78, 5) is 12.9. The third-order valence-corrected chi connectivity index (χ3v) is 4.92. The van der Waals surface area contributed by atoms with Gasteiger partial charge in [0.1, 0.15) is 6.10 Å². The Morgan fingerprint density at radius 1 is 0.767 bits per heavy atom. The summed E-state index contributed by atoms with van der Waals surface area (Å²) < 4.78 is 12.2. The topological polar surface area (TPSA) is 55.8 Å². The van der Waals surface area contributed by atoms with Gasteiger partial charge in [-0.05, 0) is 18.1 Å². The molecule has 0 aliphatic heterocycles. The number of carbonyl (C=O) groups excluding carboxylic acids is 1. The molecule has 4 heteroatoms. The average molecular weight is 405 g/mol. The molecule has 0 bridgehead atoms. The van der Waals surface area contributed by atoms with E-state index in [-0.39, 0.29) is 12.2 Å². The number of aliphatic hydroxyl groups is 1. The fourth-order valence-electron chi connectivity index (χ4n) is 3.30. The van der Waals surface area contributed by atoms with Crippen molar-refractivity contribution in [2.75, 3.05) is 0 Å². The van der Waals surface area contributed by atoms with E-state index >= 15 is 0 Å². The van der Waals surface area contributed by atoms with E-state index in [0.29, 0.717) is 18.8 Å². The molecular weight excluding hydrogens is 376 g/mol. The van der Waals surface area contributed by atoms with Crippen molar-refractivity contribution in [3.8, 4) is 0 Å². The van der Waals surface area contributed by atoms with E-state index in [0.717, 1.165) is 11.1 Å². The minimum atomic E-state index is -0.793. The molecule has 0 aromatic heterocycles. The van der Waals surface area contributed by atoms with Crippen LogP contribution in [0.2, 0.25) is 0 Å². The molecule has 4 nitrogen and oxygen atoms in total. The number of aliphatic hydroxyl groups excluding tert-OH is 1. The number of rotatable bonds is 11. The molecule has 0 amide bonds. The molecule has 3 atom stereocenters. The van der Waals surface area contributed by atoms with Crippen molar-refractivity contribution in [1.29, 1.82) is 0 Å². The highest BCUT2D eigenvalue weighted by atomic mass is 16.5. The summed E-state index contributed by atoms with van der Waals surface area (Å²) in [5.74, 6) is -0.0392. The highest BCUT2D eigenvalue weighted by Crippen LogP contribution is 2.19. The van der Waals surface area contributed by atoms with Crippen LogP contribution in [-0.4, -0.2) is 29.2 Å². The SMILES string of the molecule is C[C@H](O)[C@H](OCc1ccccc1)[C@H](CC(=O)c1ccccc1)OCc1ccccc1. The van der Waals surface area contributed by atoms with Gasteiger partial charge in [0.05, 0.1) is 25.4 Å². The molecule has 0 unspecified atom stereocenters. The Labute approximate surface area is 178 Å². The van der Waals surface area contributed by atoms with Crippen LogP contribution >= 0.6 is 0 Å². The zero-order valence-electron chi connectivity index (χ0n) is 17.2. The highest BCUT2D eigenvalue weighted by molar-refractivity contribution is 5.96. The molecule has 3 rings (SSSR count). The molecule has 0 aliphatic carbocycles. The number of hydrogen-bond acceptors (Lipinski definition) is 4. The van der Waals surface area contributed by atoms with Gasteiger partial charge in [-0.15, -0.1) is 0 Å².